The summed E-state index contributed by atoms with van der Waals surface area (Å²) in [6, 6.07) is 8.54. The smallest absolute Gasteiger partial charge is 0.277 e. The van der Waals surface area contributed by atoms with Crippen molar-refractivity contribution in [1.82, 2.24) is 5.16 Å². The van der Waals surface area contributed by atoms with Crippen molar-refractivity contribution < 1.29 is 14.4 Å². The van der Waals surface area contributed by atoms with Crippen molar-refractivity contribution in [2.45, 2.75) is 6.92 Å². The number of aryl methyl sites for hydroxylation is 1. The second-order valence-corrected chi connectivity index (χ2v) is 3.81. The Kier molecular flexibility index (Phi) is 3.96. The summed E-state index contributed by atoms with van der Waals surface area (Å²) in [5, 5.41) is 14.9. The zero-order chi connectivity index (χ0) is 13.7. The zero-order valence-corrected chi connectivity index (χ0v) is 10.3. The molecule has 96 valence electrons. The Morgan fingerprint density at radius 2 is 2.16 bits per heavy atom. The standard InChI is InChI=1S/C14H12N2O3/c1-10-9-13(16-19-10)14(18)15-12-6-4-11(5-7-12)3-2-8-17/h4-7,9,17H,8H2,1H3,(H,15,18). The Morgan fingerprint density at radius 1 is 1.42 bits per heavy atom. The fourth-order valence-electron chi connectivity index (χ4n) is 1.45. The van der Waals surface area contributed by atoms with Gasteiger partial charge in [-0.15, -0.1) is 0 Å². The summed E-state index contributed by atoms with van der Waals surface area (Å²) >= 11 is 0. The topological polar surface area (TPSA) is 75.4 Å². The predicted octanol–water partition coefficient (Wildman–Crippen LogP) is 1.58. The molecule has 0 fully saturated rings. The van der Waals surface area contributed by atoms with Gasteiger partial charge >= 0.3 is 0 Å². The molecule has 5 nitrogen and oxygen atoms in total. The summed E-state index contributed by atoms with van der Waals surface area (Å²) in [4.78, 5) is 11.8. The molecule has 2 N–H and O–H groups in total. The number of hydrogen-bond acceptors (Lipinski definition) is 4. The van der Waals surface area contributed by atoms with Crippen LogP contribution in [0.15, 0.2) is 34.9 Å². The number of anilines is 1. The summed E-state index contributed by atoms with van der Waals surface area (Å²) in [5.41, 5.74) is 1.64. The van der Waals surface area contributed by atoms with Gasteiger partial charge in [-0.3, -0.25) is 4.79 Å². The van der Waals surface area contributed by atoms with Crippen LogP contribution in [0.4, 0.5) is 5.69 Å². The van der Waals surface area contributed by atoms with Crippen molar-refractivity contribution in [2.75, 3.05) is 11.9 Å². The molecule has 2 rings (SSSR count). The molecule has 0 saturated carbocycles. The predicted molar refractivity (Wildman–Crippen MR) is 69.6 cm³/mol. The van der Waals surface area contributed by atoms with Crippen LogP contribution in [-0.2, 0) is 0 Å². The fraction of sp³-hybridized carbons (Fsp3) is 0.143. The lowest BCUT2D eigenvalue weighted by Gasteiger charge is -2.02. The molecule has 0 radical (unpaired) electrons. The molecule has 19 heavy (non-hydrogen) atoms. The molecule has 1 aromatic carbocycles. The molecule has 0 unspecified atom stereocenters. The Bertz CT molecular complexity index is 633. The highest BCUT2D eigenvalue weighted by atomic mass is 16.5. The van der Waals surface area contributed by atoms with Gasteiger partial charge in [-0.05, 0) is 31.2 Å². The lowest BCUT2D eigenvalue weighted by molar-refractivity contribution is 0.101. The third kappa shape index (κ3) is 3.44. The summed E-state index contributed by atoms with van der Waals surface area (Å²) in [5.74, 6) is 5.57. The number of benzene rings is 1. The highest BCUT2D eigenvalue weighted by molar-refractivity contribution is 6.02. The maximum atomic E-state index is 11.8. The molecule has 0 bridgehead atoms. The van der Waals surface area contributed by atoms with Gasteiger partial charge in [-0.2, -0.15) is 0 Å². The number of nitrogens with one attached hydrogen (secondary N) is 1. The van der Waals surface area contributed by atoms with Crippen LogP contribution in [0.25, 0.3) is 0 Å². The normalized spacial score (nSPS) is 9.58. The number of aromatic nitrogens is 1. The quantitative estimate of drug-likeness (QED) is 0.800. The largest absolute Gasteiger partial charge is 0.384 e. The van der Waals surface area contributed by atoms with Crippen LogP contribution in [0.1, 0.15) is 21.8 Å². The van der Waals surface area contributed by atoms with Crippen LogP contribution in [0, 0.1) is 18.8 Å². The first kappa shape index (κ1) is 12.9. The van der Waals surface area contributed by atoms with E-state index < -0.39 is 0 Å². The van der Waals surface area contributed by atoms with Gasteiger partial charge in [0, 0.05) is 17.3 Å². The third-order valence-corrected chi connectivity index (χ3v) is 2.32. The van der Waals surface area contributed by atoms with Gasteiger partial charge in [0.05, 0.1) is 0 Å². The lowest BCUT2D eigenvalue weighted by atomic mass is 10.2. The van der Waals surface area contributed by atoms with Crippen LogP contribution in [0.2, 0.25) is 0 Å². The van der Waals surface area contributed by atoms with Gasteiger partial charge in [0.1, 0.15) is 12.4 Å². The van der Waals surface area contributed by atoms with E-state index in [1.165, 1.54) is 0 Å². The van der Waals surface area contributed by atoms with Crippen LogP contribution >= 0.6 is 0 Å². The minimum atomic E-state index is -0.328. The first-order valence-corrected chi connectivity index (χ1v) is 5.63. The van der Waals surface area contributed by atoms with Crippen molar-refractivity contribution in [3.63, 3.8) is 0 Å². The molecular formula is C14H12N2O3. The van der Waals surface area contributed by atoms with Crippen molar-refractivity contribution in [2.24, 2.45) is 0 Å². The average Bonchev–Trinajstić information content (AvgIpc) is 2.85. The van der Waals surface area contributed by atoms with E-state index in [2.05, 4.69) is 22.3 Å². The first-order chi connectivity index (χ1) is 9.19. The summed E-state index contributed by atoms with van der Waals surface area (Å²) in [7, 11) is 0. The monoisotopic (exact) mass is 256 g/mol. The van der Waals surface area contributed by atoms with Gasteiger partial charge in [0.25, 0.3) is 5.91 Å². The van der Waals surface area contributed by atoms with E-state index >= 15 is 0 Å². The SMILES string of the molecule is Cc1cc(C(=O)Nc2ccc(C#CCO)cc2)no1. The van der Waals surface area contributed by atoms with E-state index in [1.807, 2.05) is 0 Å². The number of nitrogens with zero attached hydrogens (tertiary/aromatic N) is 1. The fourth-order valence-corrected chi connectivity index (χ4v) is 1.45. The Morgan fingerprint density at radius 3 is 2.74 bits per heavy atom. The zero-order valence-electron chi connectivity index (χ0n) is 10.3. The third-order valence-electron chi connectivity index (χ3n) is 2.32. The van der Waals surface area contributed by atoms with Crippen LogP contribution in [0.3, 0.4) is 0 Å². The van der Waals surface area contributed by atoms with E-state index in [0.717, 1.165) is 5.56 Å². The van der Waals surface area contributed by atoms with Crippen LogP contribution < -0.4 is 5.32 Å². The minimum Gasteiger partial charge on any atom is -0.384 e. The molecule has 5 heteroatoms. The number of carbonyl (C=O) groups excluding carboxylic acids is 1. The first-order valence-electron chi connectivity index (χ1n) is 5.63. The molecule has 0 spiro atoms. The van der Waals surface area contributed by atoms with Crippen molar-refractivity contribution in [1.29, 1.82) is 0 Å². The van der Waals surface area contributed by atoms with E-state index in [4.69, 9.17) is 9.63 Å². The van der Waals surface area contributed by atoms with Gasteiger partial charge in [-0.1, -0.05) is 17.0 Å². The lowest BCUT2D eigenvalue weighted by Crippen LogP contribution is -2.12. The van der Waals surface area contributed by atoms with E-state index in [0.29, 0.717) is 11.4 Å². The highest BCUT2D eigenvalue weighted by Crippen LogP contribution is 2.11. The Labute approximate surface area is 110 Å². The van der Waals surface area contributed by atoms with Gasteiger partial charge < -0.3 is 14.9 Å². The van der Waals surface area contributed by atoms with Crippen molar-refractivity contribution in [3.8, 4) is 11.8 Å². The molecule has 0 aliphatic rings. The van der Waals surface area contributed by atoms with E-state index in [-0.39, 0.29) is 18.2 Å². The number of aliphatic hydroxyl groups is 1. The summed E-state index contributed by atoms with van der Waals surface area (Å²) < 4.78 is 4.83. The van der Waals surface area contributed by atoms with E-state index in [1.54, 1.807) is 37.3 Å². The Hall–Kier alpha value is -2.58. The molecule has 0 atom stereocenters. The second-order valence-electron chi connectivity index (χ2n) is 3.81. The van der Waals surface area contributed by atoms with Gasteiger partial charge in [-0.25, -0.2) is 0 Å². The Balaban J connectivity index is 2.05. The average molecular weight is 256 g/mol. The van der Waals surface area contributed by atoms with Crippen molar-refractivity contribution in [3.05, 3.63) is 47.3 Å². The molecule has 1 amide bonds. The number of aliphatic hydroxyl groups excluding tert-OH is 1. The molecule has 1 aromatic heterocycles. The van der Waals surface area contributed by atoms with Crippen LogP contribution in [0.5, 0.6) is 0 Å². The number of hydrogen-bond donors (Lipinski definition) is 2. The molecule has 0 aliphatic heterocycles. The van der Waals surface area contributed by atoms with E-state index in [9.17, 15) is 4.79 Å². The number of carbonyl (C=O) groups is 1. The molecule has 0 aliphatic carbocycles. The molecular weight excluding hydrogens is 244 g/mol. The maximum absolute atomic E-state index is 11.8. The second kappa shape index (κ2) is 5.85. The summed E-state index contributed by atoms with van der Waals surface area (Å²) in [6.07, 6.45) is 0. The molecule has 1 heterocycles. The molecule has 0 saturated heterocycles. The minimum absolute atomic E-state index is 0.177. The molecule has 2 aromatic rings. The van der Waals surface area contributed by atoms with Crippen molar-refractivity contribution >= 4 is 11.6 Å². The van der Waals surface area contributed by atoms with Gasteiger partial charge in [0.2, 0.25) is 0 Å². The van der Waals surface area contributed by atoms with Gasteiger partial charge in [0.15, 0.2) is 5.69 Å². The highest BCUT2D eigenvalue weighted by Gasteiger charge is 2.10. The number of amides is 1. The maximum Gasteiger partial charge on any atom is 0.277 e. The summed E-state index contributed by atoms with van der Waals surface area (Å²) in [6.45, 7) is 1.54. The number of rotatable bonds is 2. The van der Waals surface area contributed by atoms with Crippen LogP contribution in [-0.4, -0.2) is 22.8 Å².